The van der Waals surface area contributed by atoms with Crippen molar-refractivity contribution in [1.82, 2.24) is 20.1 Å². The summed E-state index contributed by atoms with van der Waals surface area (Å²) in [5, 5.41) is 8.94. The highest BCUT2D eigenvalue weighted by Crippen LogP contribution is 2.23. The molecule has 1 aromatic heterocycles. The van der Waals surface area contributed by atoms with Crippen LogP contribution in [0.25, 0.3) is 16.9 Å². The molecule has 154 valence electrons. The zero-order chi connectivity index (χ0) is 20.8. The van der Waals surface area contributed by atoms with Crippen LogP contribution in [0.2, 0.25) is 0 Å². The number of aromatic nitrogens is 2. The fourth-order valence-corrected chi connectivity index (χ4v) is 3.30. The number of nitrogens with zero attached hydrogens (tertiary/aromatic N) is 4. The number of benzene rings is 2. The van der Waals surface area contributed by atoms with Crippen LogP contribution in [-0.2, 0) is 9.53 Å². The summed E-state index contributed by atoms with van der Waals surface area (Å²) in [6, 6.07) is 18.1. The first-order chi connectivity index (χ1) is 14.7. The molecule has 4 rings (SSSR count). The monoisotopic (exact) mass is 403 g/mol. The van der Waals surface area contributed by atoms with E-state index >= 15 is 0 Å². The molecule has 0 radical (unpaired) electrons. The number of ether oxygens (including phenoxy) is 1. The van der Waals surface area contributed by atoms with Crippen molar-refractivity contribution in [3.63, 3.8) is 0 Å². The Morgan fingerprint density at radius 1 is 1.13 bits per heavy atom. The van der Waals surface area contributed by atoms with Crippen molar-refractivity contribution in [2.45, 2.75) is 6.92 Å². The Balaban J connectivity index is 1.53. The van der Waals surface area contributed by atoms with Crippen molar-refractivity contribution in [3.05, 3.63) is 71.9 Å². The minimum Gasteiger partial charge on any atom is -0.379 e. The number of hydrazone groups is 1. The van der Waals surface area contributed by atoms with Gasteiger partial charge in [-0.2, -0.15) is 10.2 Å². The molecule has 0 unspecified atom stereocenters. The molecule has 1 saturated heterocycles. The molecular weight excluding hydrogens is 378 g/mol. The van der Waals surface area contributed by atoms with E-state index < -0.39 is 0 Å². The van der Waals surface area contributed by atoms with Gasteiger partial charge in [-0.3, -0.25) is 9.69 Å². The maximum atomic E-state index is 12.2. The number of aryl methyl sites for hydroxylation is 1. The molecule has 1 fully saturated rings. The van der Waals surface area contributed by atoms with E-state index in [1.807, 2.05) is 53.3 Å². The maximum Gasteiger partial charge on any atom is 0.254 e. The molecular formula is C23H25N5O2. The summed E-state index contributed by atoms with van der Waals surface area (Å²) in [6.07, 6.45) is 3.57. The third-order valence-electron chi connectivity index (χ3n) is 4.95. The molecule has 1 N–H and O–H groups in total. The van der Waals surface area contributed by atoms with E-state index in [9.17, 15) is 4.79 Å². The standard InChI is InChI=1S/C23H25N5O2/c1-18-7-9-19(10-8-18)23-20(16-28(26-23)21-5-3-2-4-6-21)15-24-25-22(29)17-27-11-13-30-14-12-27/h2-10,15-16H,11-14,17H2,1H3,(H,25,29)/b24-15-. The number of hydrogen-bond donors (Lipinski definition) is 1. The number of nitrogens with one attached hydrogen (secondary N) is 1. The zero-order valence-corrected chi connectivity index (χ0v) is 17.0. The van der Waals surface area contributed by atoms with Gasteiger partial charge in [0.1, 0.15) is 5.69 Å². The summed E-state index contributed by atoms with van der Waals surface area (Å²) in [4.78, 5) is 14.2. The molecule has 1 amide bonds. The Hall–Kier alpha value is -3.29. The van der Waals surface area contributed by atoms with E-state index in [1.165, 1.54) is 5.56 Å². The molecule has 0 aliphatic carbocycles. The van der Waals surface area contributed by atoms with E-state index in [1.54, 1.807) is 6.21 Å². The molecule has 3 aromatic rings. The molecule has 1 aliphatic heterocycles. The number of carbonyl (C=O) groups is 1. The van der Waals surface area contributed by atoms with Gasteiger partial charge in [0.15, 0.2) is 0 Å². The highest BCUT2D eigenvalue weighted by atomic mass is 16.5. The highest BCUT2D eigenvalue weighted by molar-refractivity contribution is 5.89. The Morgan fingerprint density at radius 2 is 1.87 bits per heavy atom. The molecule has 2 aromatic carbocycles. The number of rotatable bonds is 6. The van der Waals surface area contributed by atoms with E-state index in [4.69, 9.17) is 9.84 Å². The average molecular weight is 403 g/mol. The lowest BCUT2D eigenvalue weighted by molar-refractivity contribution is -0.123. The van der Waals surface area contributed by atoms with E-state index in [-0.39, 0.29) is 5.91 Å². The third-order valence-corrected chi connectivity index (χ3v) is 4.95. The van der Waals surface area contributed by atoms with Gasteiger partial charge in [-0.05, 0) is 19.1 Å². The van der Waals surface area contributed by atoms with Gasteiger partial charge in [0, 0.05) is 30.4 Å². The number of carbonyl (C=O) groups excluding carboxylic acids is 1. The molecule has 7 nitrogen and oxygen atoms in total. The summed E-state index contributed by atoms with van der Waals surface area (Å²) < 4.78 is 7.13. The minimum absolute atomic E-state index is 0.138. The van der Waals surface area contributed by atoms with Crippen LogP contribution in [0.1, 0.15) is 11.1 Å². The van der Waals surface area contributed by atoms with Crippen molar-refractivity contribution in [2.24, 2.45) is 5.10 Å². The summed E-state index contributed by atoms with van der Waals surface area (Å²) in [5.41, 5.74) is 7.41. The van der Waals surface area contributed by atoms with Crippen LogP contribution < -0.4 is 5.43 Å². The van der Waals surface area contributed by atoms with Gasteiger partial charge >= 0.3 is 0 Å². The van der Waals surface area contributed by atoms with Gasteiger partial charge in [0.25, 0.3) is 5.91 Å². The van der Waals surface area contributed by atoms with Gasteiger partial charge in [-0.15, -0.1) is 0 Å². The maximum absolute atomic E-state index is 12.2. The molecule has 2 heterocycles. The predicted molar refractivity (Wildman–Crippen MR) is 117 cm³/mol. The second-order valence-corrected chi connectivity index (χ2v) is 7.26. The Labute approximate surface area is 176 Å². The van der Waals surface area contributed by atoms with Crippen molar-refractivity contribution in [3.8, 4) is 16.9 Å². The van der Waals surface area contributed by atoms with Gasteiger partial charge in [-0.1, -0.05) is 48.0 Å². The molecule has 0 atom stereocenters. The van der Waals surface area contributed by atoms with Crippen molar-refractivity contribution < 1.29 is 9.53 Å². The van der Waals surface area contributed by atoms with Crippen LogP contribution in [-0.4, -0.2) is 59.7 Å². The molecule has 1 aliphatic rings. The molecule has 30 heavy (non-hydrogen) atoms. The first kappa shape index (κ1) is 20.0. The van der Waals surface area contributed by atoms with Crippen LogP contribution in [0.4, 0.5) is 0 Å². The molecule has 0 spiro atoms. The highest BCUT2D eigenvalue weighted by Gasteiger charge is 2.14. The quantitative estimate of drug-likeness (QED) is 0.507. The van der Waals surface area contributed by atoms with Crippen molar-refractivity contribution in [1.29, 1.82) is 0 Å². The summed E-state index contributed by atoms with van der Waals surface area (Å²) >= 11 is 0. The van der Waals surface area contributed by atoms with Crippen LogP contribution >= 0.6 is 0 Å². The Morgan fingerprint density at radius 3 is 2.60 bits per heavy atom. The van der Waals surface area contributed by atoms with E-state index in [2.05, 4.69) is 34.5 Å². The summed E-state index contributed by atoms with van der Waals surface area (Å²) in [7, 11) is 0. The largest absolute Gasteiger partial charge is 0.379 e. The topological polar surface area (TPSA) is 71.8 Å². The SMILES string of the molecule is Cc1ccc(-c2nn(-c3ccccc3)cc2/C=N\NC(=O)CN2CCOCC2)cc1. The van der Waals surface area contributed by atoms with Gasteiger partial charge < -0.3 is 4.74 Å². The minimum atomic E-state index is -0.138. The van der Waals surface area contributed by atoms with Crippen LogP contribution in [0, 0.1) is 6.92 Å². The first-order valence-corrected chi connectivity index (χ1v) is 10.0. The van der Waals surface area contributed by atoms with E-state index in [0.29, 0.717) is 19.8 Å². The van der Waals surface area contributed by atoms with Crippen LogP contribution in [0.3, 0.4) is 0 Å². The number of amides is 1. The number of hydrogen-bond acceptors (Lipinski definition) is 5. The molecule has 0 bridgehead atoms. The van der Waals surface area contributed by atoms with Gasteiger partial charge in [0.2, 0.25) is 0 Å². The third kappa shape index (κ3) is 5.00. The van der Waals surface area contributed by atoms with Crippen LogP contribution in [0.15, 0.2) is 65.9 Å². The lowest BCUT2D eigenvalue weighted by Gasteiger charge is -2.25. The Kier molecular flexibility index (Phi) is 6.32. The van der Waals surface area contributed by atoms with Crippen LogP contribution in [0.5, 0.6) is 0 Å². The van der Waals surface area contributed by atoms with Gasteiger partial charge in [0.05, 0.1) is 31.7 Å². The molecule has 7 heteroatoms. The Bertz CT molecular complexity index is 1010. The zero-order valence-electron chi connectivity index (χ0n) is 17.0. The first-order valence-electron chi connectivity index (χ1n) is 10.0. The normalized spacial score (nSPS) is 14.8. The van der Waals surface area contributed by atoms with Crippen molar-refractivity contribution >= 4 is 12.1 Å². The van der Waals surface area contributed by atoms with E-state index in [0.717, 1.165) is 35.6 Å². The second-order valence-electron chi connectivity index (χ2n) is 7.26. The number of morpholine rings is 1. The lowest BCUT2D eigenvalue weighted by Crippen LogP contribution is -2.42. The van der Waals surface area contributed by atoms with Gasteiger partial charge in [-0.25, -0.2) is 10.1 Å². The summed E-state index contributed by atoms with van der Waals surface area (Å²) in [5.74, 6) is -0.138. The average Bonchev–Trinajstić information content (AvgIpc) is 3.20. The fourth-order valence-electron chi connectivity index (χ4n) is 3.30. The fraction of sp³-hybridized carbons (Fsp3) is 0.261. The second kappa shape index (κ2) is 9.47. The summed E-state index contributed by atoms with van der Waals surface area (Å²) in [6.45, 7) is 5.22. The molecule has 0 saturated carbocycles. The number of para-hydroxylation sites is 1. The smallest absolute Gasteiger partial charge is 0.254 e. The predicted octanol–water partition coefficient (Wildman–Crippen LogP) is 2.63. The lowest BCUT2D eigenvalue weighted by atomic mass is 10.1. The van der Waals surface area contributed by atoms with Crippen molar-refractivity contribution in [2.75, 3.05) is 32.8 Å².